The van der Waals surface area contributed by atoms with Crippen LogP contribution in [0.4, 0.5) is 5.69 Å². The van der Waals surface area contributed by atoms with Gasteiger partial charge in [-0.1, -0.05) is 13.8 Å². The van der Waals surface area contributed by atoms with Crippen molar-refractivity contribution in [2.24, 2.45) is 5.92 Å². The molecule has 1 atom stereocenters. The molecule has 1 unspecified atom stereocenters. The van der Waals surface area contributed by atoms with Gasteiger partial charge >= 0.3 is 11.7 Å². The fraction of sp³-hybridized carbons (Fsp3) is 0.615. The molecule has 1 heterocycles. The van der Waals surface area contributed by atoms with Crippen molar-refractivity contribution in [3.8, 4) is 0 Å². The van der Waals surface area contributed by atoms with Gasteiger partial charge in [-0.25, -0.2) is 4.79 Å². The van der Waals surface area contributed by atoms with E-state index in [4.69, 9.17) is 0 Å². The highest BCUT2D eigenvalue weighted by molar-refractivity contribution is 5.84. The highest BCUT2D eigenvalue weighted by Gasteiger charge is 2.22. The summed E-state index contributed by atoms with van der Waals surface area (Å²) >= 11 is 0. The Morgan fingerprint density at radius 1 is 1.50 bits per heavy atom. The van der Waals surface area contributed by atoms with Gasteiger partial charge in [0.05, 0.1) is 12.0 Å². The van der Waals surface area contributed by atoms with Gasteiger partial charge in [-0.3, -0.25) is 19.6 Å². The zero-order chi connectivity index (χ0) is 16.7. The summed E-state index contributed by atoms with van der Waals surface area (Å²) in [5.41, 5.74) is -0.132. The molecule has 22 heavy (non-hydrogen) atoms. The topological polar surface area (TPSA) is 116 Å². The summed E-state index contributed by atoms with van der Waals surface area (Å²) < 4.78 is 5.97. The lowest BCUT2D eigenvalue weighted by molar-refractivity contribution is -0.385. The number of aromatic nitrogens is 2. The van der Waals surface area contributed by atoms with Crippen molar-refractivity contribution in [2.75, 3.05) is 7.11 Å². The van der Waals surface area contributed by atoms with E-state index in [1.165, 1.54) is 18.0 Å². The monoisotopic (exact) mass is 312 g/mol. The van der Waals surface area contributed by atoms with Gasteiger partial charge in [0.15, 0.2) is 0 Å². The number of methoxy groups -OCH3 is 1. The average molecular weight is 312 g/mol. The number of nitrogens with one attached hydrogen (secondary N) is 1. The molecule has 1 rings (SSSR count). The van der Waals surface area contributed by atoms with Crippen molar-refractivity contribution in [3.63, 3.8) is 0 Å². The number of nitrogens with zero attached hydrogens (tertiary/aromatic N) is 3. The van der Waals surface area contributed by atoms with Gasteiger partial charge in [0, 0.05) is 13.0 Å². The minimum absolute atomic E-state index is 0.0599. The first-order valence-corrected chi connectivity index (χ1v) is 6.87. The van der Waals surface area contributed by atoms with Crippen LogP contribution in [0.25, 0.3) is 0 Å². The highest BCUT2D eigenvalue weighted by Crippen LogP contribution is 2.09. The number of amides is 1. The Kier molecular flexibility index (Phi) is 6.48. The van der Waals surface area contributed by atoms with Gasteiger partial charge in [0.2, 0.25) is 5.91 Å². The van der Waals surface area contributed by atoms with Crippen LogP contribution in [0.5, 0.6) is 0 Å². The Balaban J connectivity index is 2.52. The van der Waals surface area contributed by atoms with Crippen molar-refractivity contribution in [1.82, 2.24) is 15.1 Å². The minimum atomic E-state index is -0.690. The third-order valence-corrected chi connectivity index (χ3v) is 2.93. The Morgan fingerprint density at radius 3 is 2.68 bits per heavy atom. The molecule has 0 aliphatic rings. The summed E-state index contributed by atoms with van der Waals surface area (Å²) in [5, 5.41) is 16.9. The SMILES string of the molecule is COC(=O)C(CC(C)C)NC(=O)CCn1cc([N+](=O)[O-])cn1. The molecule has 9 heteroatoms. The molecule has 1 aromatic heterocycles. The Morgan fingerprint density at radius 2 is 2.18 bits per heavy atom. The normalized spacial score (nSPS) is 12.0. The van der Waals surface area contributed by atoms with Gasteiger partial charge in [-0.15, -0.1) is 0 Å². The van der Waals surface area contributed by atoms with Crippen LogP contribution in [-0.4, -0.2) is 39.7 Å². The molecular weight excluding hydrogens is 292 g/mol. The molecule has 122 valence electrons. The van der Waals surface area contributed by atoms with E-state index in [1.54, 1.807) is 0 Å². The van der Waals surface area contributed by atoms with E-state index in [9.17, 15) is 19.7 Å². The van der Waals surface area contributed by atoms with Crippen molar-refractivity contribution in [3.05, 3.63) is 22.5 Å². The molecule has 0 spiro atoms. The zero-order valence-corrected chi connectivity index (χ0v) is 12.8. The quantitative estimate of drug-likeness (QED) is 0.433. The fourth-order valence-corrected chi connectivity index (χ4v) is 1.88. The molecule has 1 N–H and O–H groups in total. The van der Waals surface area contributed by atoms with Crippen molar-refractivity contribution >= 4 is 17.6 Å². The summed E-state index contributed by atoms with van der Waals surface area (Å²) in [5.74, 6) is -0.607. The molecule has 0 saturated heterocycles. The smallest absolute Gasteiger partial charge is 0.328 e. The first-order chi connectivity index (χ1) is 10.3. The van der Waals surface area contributed by atoms with Gasteiger partial charge < -0.3 is 10.1 Å². The lowest BCUT2D eigenvalue weighted by atomic mass is 10.0. The number of hydrogen-bond donors (Lipinski definition) is 1. The Bertz CT molecular complexity index is 540. The number of esters is 1. The first-order valence-electron chi connectivity index (χ1n) is 6.87. The van der Waals surface area contributed by atoms with Crippen LogP contribution in [0.1, 0.15) is 26.7 Å². The van der Waals surface area contributed by atoms with Gasteiger partial charge in [-0.05, 0) is 12.3 Å². The first kappa shape index (κ1) is 17.6. The Hall–Kier alpha value is -2.45. The van der Waals surface area contributed by atoms with Crippen LogP contribution in [0.3, 0.4) is 0 Å². The lowest BCUT2D eigenvalue weighted by Gasteiger charge is -2.18. The van der Waals surface area contributed by atoms with Crippen LogP contribution in [0, 0.1) is 16.0 Å². The molecule has 0 radical (unpaired) electrons. The summed E-state index contributed by atoms with van der Waals surface area (Å²) in [6, 6.07) is -0.690. The fourth-order valence-electron chi connectivity index (χ4n) is 1.88. The summed E-state index contributed by atoms with van der Waals surface area (Å²) in [7, 11) is 1.27. The summed E-state index contributed by atoms with van der Waals surface area (Å²) in [4.78, 5) is 33.5. The van der Waals surface area contributed by atoms with Crippen LogP contribution >= 0.6 is 0 Å². The standard InChI is InChI=1S/C13H20N4O5/c1-9(2)6-11(13(19)22-3)15-12(18)4-5-16-8-10(7-14-16)17(20)21/h7-9,11H,4-6H2,1-3H3,(H,15,18). The number of carbonyl (C=O) groups excluding carboxylic acids is 2. The van der Waals surface area contributed by atoms with Crippen LogP contribution in [0.2, 0.25) is 0 Å². The third kappa shape index (κ3) is 5.51. The van der Waals surface area contributed by atoms with E-state index >= 15 is 0 Å². The van der Waals surface area contributed by atoms with Crippen molar-refractivity contribution in [1.29, 1.82) is 0 Å². The molecule has 1 amide bonds. The number of hydrogen-bond acceptors (Lipinski definition) is 6. The van der Waals surface area contributed by atoms with E-state index < -0.39 is 16.9 Å². The number of ether oxygens (including phenoxy) is 1. The van der Waals surface area contributed by atoms with Crippen molar-refractivity contribution in [2.45, 2.75) is 39.3 Å². The van der Waals surface area contributed by atoms with E-state index in [0.717, 1.165) is 6.20 Å². The second kappa shape index (κ2) is 8.11. The number of carbonyl (C=O) groups is 2. The molecule has 1 aromatic rings. The number of rotatable bonds is 8. The van der Waals surface area contributed by atoms with Gasteiger partial charge in [-0.2, -0.15) is 5.10 Å². The van der Waals surface area contributed by atoms with Crippen molar-refractivity contribution < 1.29 is 19.2 Å². The Labute approximate surface area is 127 Å². The molecular formula is C13H20N4O5. The van der Waals surface area contributed by atoms with Gasteiger partial charge in [0.25, 0.3) is 0 Å². The molecule has 0 saturated carbocycles. The maximum atomic E-state index is 11.9. The third-order valence-electron chi connectivity index (χ3n) is 2.93. The molecule has 0 bridgehead atoms. The maximum Gasteiger partial charge on any atom is 0.328 e. The van der Waals surface area contributed by atoms with Crippen LogP contribution in [0.15, 0.2) is 12.4 Å². The highest BCUT2D eigenvalue weighted by atomic mass is 16.6. The predicted octanol–water partition coefficient (Wildman–Crippen LogP) is 0.885. The average Bonchev–Trinajstić information content (AvgIpc) is 2.92. The molecule has 0 aliphatic heterocycles. The summed E-state index contributed by atoms with van der Waals surface area (Å²) in [6.45, 7) is 4.06. The van der Waals surface area contributed by atoms with Gasteiger partial charge in [0.1, 0.15) is 18.4 Å². The second-order valence-corrected chi connectivity index (χ2v) is 5.24. The maximum absolute atomic E-state index is 11.9. The summed E-state index contributed by atoms with van der Waals surface area (Å²) in [6.07, 6.45) is 2.91. The molecule has 0 aliphatic carbocycles. The number of nitro groups is 1. The molecule has 0 aromatic carbocycles. The van der Waals surface area contributed by atoms with Crippen LogP contribution in [-0.2, 0) is 20.9 Å². The molecule has 0 fully saturated rings. The molecule has 9 nitrogen and oxygen atoms in total. The van der Waals surface area contributed by atoms with E-state index in [1.807, 2.05) is 13.8 Å². The minimum Gasteiger partial charge on any atom is -0.467 e. The van der Waals surface area contributed by atoms with E-state index in [0.29, 0.717) is 6.42 Å². The predicted molar refractivity (Wildman–Crippen MR) is 76.9 cm³/mol. The van der Waals surface area contributed by atoms with E-state index in [-0.39, 0.29) is 30.5 Å². The number of aryl methyl sites for hydroxylation is 1. The zero-order valence-electron chi connectivity index (χ0n) is 12.8. The van der Waals surface area contributed by atoms with Crippen LogP contribution < -0.4 is 5.32 Å². The second-order valence-electron chi connectivity index (χ2n) is 5.24. The largest absolute Gasteiger partial charge is 0.467 e. The lowest BCUT2D eigenvalue weighted by Crippen LogP contribution is -2.42. The van der Waals surface area contributed by atoms with E-state index in [2.05, 4.69) is 15.2 Å².